The van der Waals surface area contributed by atoms with E-state index in [1.807, 2.05) is 0 Å². The van der Waals surface area contributed by atoms with E-state index in [-0.39, 0.29) is 11.0 Å². The molecule has 0 rings (SSSR count). The van der Waals surface area contributed by atoms with E-state index in [0.717, 1.165) is 0 Å². The fourth-order valence-corrected chi connectivity index (χ4v) is 0. The van der Waals surface area contributed by atoms with Crippen LogP contribution in [0.15, 0.2) is 0 Å². The van der Waals surface area contributed by atoms with Crippen LogP contribution in [0.25, 0.3) is 0 Å². The summed E-state index contributed by atoms with van der Waals surface area (Å²) in [5, 5.41) is 0. The van der Waals surface area contributed by atoms with Crippen molar-refractivity contribution in [3.63, 3.8) is 0 Å². The molecule has 4 heteroatoms. The summed E-state index contributed by atoms with van der Waals surface area (Å²) in [6.45, 7) is 0. The maximum atomic E-state index is 3.03. The molecule has 0 aromatic heterocycles. The topological polar surface area (TPSA) is 12.0 Å². The van der Waals surface area contributed by atoms with Gasteiger partial charge in [-0.15, -0.1) is 0 Å². The Hall–Kier alpha value is 0.611. The zero-order valence-electron chi connectivity index (χ0n) is 3.00. The smallest absolute Gasteiger partial charge is 0.0670 e. The maximum absolute atomic E-state index is 3.03. The summed E-state index contributed by atoms with van der Waals surface area (Å²) in [5.74, 6) is 0. The molecule has 0 aliphatic heterocycles. The Balaban J connectivity index is 0. The molecular weight excluding hydrogens is 98.3 g/mol. The minimum atomic E-state index is 0. The van der Waals surface area contributed by atoms with Crippen molar-refractivity contribution in [2.75, 3.05) is 0 Å². The molecule has 0 aliphatic rings. The number of hydrogen-bond donors (Lipinski definition) is 1. The normalized spacial score (nSPS) is 6.00. The standard InChI is InChI=1S/H7NSi2.Si/c2-1-3;/h1H,2-3H3;. The Kier molecular flexibility index (Phi) is 20.9. The van der Waals surface area contributed by atoms with Crippen LogP contribution < -0.4 is 4.65 Å². The van der Waals surface area contributed by atoms with Gasteiger partial charge < -0.3 is 4.65 Å². The van der Waals surface area contributed by atoms with Crippen LogP contribution in [-0.2, 0) is 0 Å². The number of rotatable bonds is 0. The van der Waals surface area contributed by atoms with Gasteiger partial charge in [-0.1, -0.05) is 0 Å². The van der Waals surface area contributed by atoms with Crippen LogP contribution in [0.2, 0.25) is 0 Å². The molecule has 24 valence electrons. The zero-order chi connectivity index (χ0) is 2.71. The van der Waals surface area contributed by atoms with Crippen molar-refractivity contribution < 1.29 is 0 Å². The Bertz CT molecular complexity index is 3.25. The summed E-state index contributed by atoms with van der Waals surface area (Å²) < 4.78 is 3.03. The quantitative estimate of drug-likeness (QED) is 0.319. The van der Waals surface area contributed by atoms with Crippen LogP contribution in [0, 0.1) is 0 Å². The third-order valence-corrected chi connectivity index (χ3v) is 0. The van der Waals surface area contributed by atoms with E-state index >= 15 is 0 Å². The van der Waals surface area contributed by atoms with Gasteiger partial charge in [0.15, 0.2) is 0 Å². The molecular formula is H7NSi3. The largest absolute Gasteiger partial charge is 0.374 e. The fraction of sp³-hybridized carbons (Fsp3) is 0. The molecule has 0 heterocycles. The molecule has 1 N–H and O–H groups in total. The highest BCUT2D eigenvalue weighted by Crippen LogP contribution is 0.879. The van der Waals surface area contributed by atoms with E-state index in [1.54, 1.807) is 0 Å². The molecule has 0 aromatic rings. The molecule has 0 spiro atoms. The van der Waals surface area contributed by atoms with Crippen LogP contribution in [0.1, 0.15) is 0 Å². The molecule has 4 radical (unpaired) electrons. The lowest BCUT2D eigenvalue weighted by Gasteiger charge is -1.58. The van der Waals surface area contributed by atoms with Gasteiger partial charge in [0.25, 0.3) is 0 Å². The molecule has 1 nitrogen and oxygen atoms in total. The first-order valence-electron chi connectivity index (χ1n) is 1.00. The fourth-order valence-electron chi connectivity index (χ4n) is 0. The summed E-state index contributed by atoms with van der Waals surface area (Å²) in [5.41, 5.74) is 0. The van der Waals surface area contributed by atoms with Gasteiger partial charge in [0, 0.05) is 11.0 Å². The molecule has 4 heavy (non-hydrogen) atoms. The number of hydrogen-bond acceptors (Lipinski definition) is 1. The van der Waals surface area contributed by atoms with Crippen molar-refractivity contribution >= 4 is 31.8 Å². The maximum Gasteiger partial charge on any atom is 0.0670 e. The summed E-state index contributed by atoms with van der Waals surface area (Å²) >= 11 is 0. The van der Waals surface area contributed by atoms with Gasteiger partial charge in [0.05, 0.1) is 20.8 Å². The number of nitrogens with one attached hydrogen (secondary N) is 1. The van der Waals surface area contributed by atoms with Crippen molar-refractivity contribution in [3.05, 3.63) is 0 Å². The highest BCUT2D eigenvalue weighted by Gasteiger charge is 1.28. The van der Waals surface area contributed by atoms with Gasteiger partial charge in [0.2, 0.25) is 0 Å². The second-order valence-corrected chi connectivity index (χ2v) is 4.50. The van der Waals surface area contributed by atoms with Crippen LogP contribution in [0.4, 0.5) is 0 Å². The summed E-state index contributed by atoms with van der Waals surface area (Å²) in [6.07, 6.45) is 0. The lowest BCUT2D eigenvalue weighted by Crippen LogP contribution is -1.97. The van der Waals surface area contributed by atoms with Crippen molar-refractivity contribution in [2.24, 2.45) is 0 Å². The second-order valence-electron chi connectivity index (χ2n) is 0.500. The molecule has 0 aromatic carbocycles. The van der Waals surface area contributed by atoms with E-state index in [1.165, 1.54) is 20.8 Å². The molecule has 0 bridgehead atoms. The van der Waals surface area contributed by atoms with Crippen LogP contribution in [0.5, 0.6) is 0 Å². The third-order valence-electron chi connectivity index (χ3n) is 0. The third kappa shape index (κ3) is 18.2. The second kappa shape index (κ2) is 9.49. The first-order valence-corrected chi connectivity index (χ1v) is 3.00. The first kappa shape index (κ1) is 8.82. The Morgan fingerprint density at radius 1 is 1.25 bits per heavy atom. The summed E-state index contributed by atoms with van der Waals surface area (Å²) in [4.78, 5) is 0. The molecule has 0 unspecified atom stereocenters. The highest BCUT2D eigenvalue weighted by molar-refractivity contribution is 6.25. The average molecular weight is 105 g/mol. The van der Waals surface area contributed by atoms with E-state index < -0.39 is 0 Å². The predicted molar refractivity (Wildman–Crippen MR) is 28.8 cm³/mol. The lowest BCUT2D eigenvalue weighted by atomic mass is 13.9. The van der Waals surface area contributed by atoms with Gasteiger partial charge >= 0.3 is 0 Å². The molecule has 0 atom stereocenters. The van der Waals surface area contributed by atoms with Crippen LogP contribution in [-0.4, -0.2) is 31.8 Å². The van der Waals surface area contributed by atoms with Gasteiger partial charge in [-0.2, -0.15) is 0 Å². The average Bonchev–Trinajstić information content (AvgIpc) is 0.918. The monoisotopic (exact) mass is 105 g/mol. The molecule has 0 aliphatic carbocycles. The van der Waals surface area contributed by atoms with Gasteiger partial charge in [-0.05, 0) is 0 Å². The highest BCUT2D eigenvalue weighted by atomic mass is 28.2. The van der Waals surface area contributed by atoms with Gasteiger partial charge in [-0.3, -0.25) is 0 Å². The Morgan fingerprint density at radius 3 is 1.25 bits per heavy atom. The SMILES string of the molecule is [SiH3]N[SiH3].[Si]. The van der Waals surface area contributed by atoms with Crippen molar-refractivity contribution in [1.29, 1.82) is 0 Å². The Morgan fingerprint density at radius 2 is 1.25 bits per heavy atom. The molecule has 0 saturated heterocycles. The van der Waals surface area contributed by atoms with Crippen molar-refractivity contribution in [1.82, 2.24) is 4.65 Å². The van der Waals surface area contributed by atoms with E-state index in [2.05, 4.69) is 4.65 Å². The first-order chi connectivity index (χ1) is 1.41. The van der Waals surface area contributed by atoms with Crippen molar-refractivity contribution in [2.45, 2.75) is 0 Å². The summed E-state index contributed by atoms with van der Waals surface area (Å²) in [7, 11) is 2.36. The van der Waals surface area contributed by atoms with E-state index in [0.29, 0.717) is 0 Å². The van der Waals surface area contributed by atoms with E-state index in [4.69, 9.17) is 0 Å². The predicted octanol–water partition coefficient (Wildman–Crippen LogP) is -3.24. The zero-order valence-corrected chi connectivity index (χ0v) is 8.00. The van der Waals surface area contributed by atoms with Crippen LogP contribution >= 0.6 is 0 Å². The molecule has 0 amide bonds. The Labute approximate surface area is 37.2 Å². The molecule has 0 saturated carbocycles. The van der Waals surface area contributed by atoms with Crippen LogP contribution in [0.3, 0.4) is 0 Å². The summed E-state index contributed by atoms with van der Waals surface area (Å²) in [6, 6.07) is 0. The van der Waals surface area contributed by atoms with Gasteiger partial charge in [0.1, 0.15) is 0 Å². The minimum Gasteiger partial charge on any atom is -0.374 e. The van der Waals surface area contributed by atoms with Crippen molar-refractivity contribution in [3.8, 4) is 0 Å². The lowest BCUT2D eigenvalue weighted by molar-refractivity contribution is 1.68. The van der Waals surface area contributed by atoms with E-state index in [9.17, 15) is 0 Å². The molecule has 0 fully saturated rings. The van der Waals surface area contributed by atoms with Gasteiger partial charge in [-0.25, -0.2) is 0 Å². The minimum absolute atomic E-state index is 0.